The third kappa shape index (κ3) is 2.13. The van der Waals surface area contributed by atoms with Gasteiger partial charge in [-0.15, -0.1) is 0 Å². The zero-order valence-electron chi connectivity index (χ0n) is 11.0. The third-order valence-corrected chi connectivity index (χ3v) is 3.60. The minimum Gasteiger partial charge on any atom is -0.478 e. The van der Waals surface area contributed by atoms with Crippen LogP contribution in [0.1, 0.15) is 34.6 Å². The number of hydrogen-bond donors (Lipinski definition) is 1. The molecule has 0 bridgehead atoms. The van der Waals surface area contributed by atoms with Gasteiger partial charge in [-0.05, 0) is 24.5 Å². The van der Waals surface area contributed by atoms with E-state index in [1.807, 2.05) is 0 Å². The van der Waals surface area contributed by atoms with Crippen LogP contribution in [0.4, 0.5) is 0 Å². The Kier molecular flexibility index (Phi) is 3.14. The average molecular weight is 273 g/mol. The van der Waals surface area contributed by atoms with E-state index in [-0.39, 0.29) is 17.8 Å². The monoisotopic (exact) mass is 273 g/mol. The first-order valence-electron chi connectivity index (χ1n) is 6.64. The lowest BCUT2D eigenvalue weighted by molar-refractivity contribution is 0.0695. The molecule has 1 aliphatic rings. The second-order valence-corrected chi connectivity index (χ2v) is 4.93. The van der Waals surface area contributed by atoms with E-state index in [4.69, 9.17) is 5.11 Å². The molecule has 0 unspecified atom stereocenters. The fourth-order valence-corrected chi connectivity index (χ4v) is 2.58. The Morgan fingerprint density at radius 1 is 1.30 bits per heavy atom. The van der Waals surface area contributed by atoms with Gasteiger partial charge >= 0.3 is 11.7 Å². The summed E-state index contributed by atoms with van der Waals surface area (Å²) in [7, 11) is 0. The molecule has 1 aromatic carbocycles. The number of rotatable bonds is 3. The lowest BCUT2D eigenvalue weighted by Gasteiger charge is -2.09. The largest absolute Gasteiger partial charge is 0.478 e. The number of carboxylic acid groups (broad SMARTS) is 1. The van der Waals surface area contributed by atoms with E-state index in [1.165, 1.54) is 4.68 Å². The Balaban J connectivity index is 1.98. The van der Waals surface area contributed by atoms with E-state index in [0.717, 1.165) is 25.1 Å². The zero-order chi connectivity index (χ0) is 14.1. The molecule has 2 heterocycles. The Hall–Kier alpha value is -2.37. The van der Waals surface area contributed by atoms with E-state index in [2.05, 4.69) is 5.10 Å². The van der Waals surface area contributed by atoms with Gasteiger partial charge < -0.3 is 5.11 Å². The van der Waals surface area contributed by atoms with E-state index in [1.54, 1.807) is 28.8 Å². The average Bonchev–Trinajstić information content (AvgIpc) is 2.76. The summed E-state index contributed by atoms with van der Waals surface area (Å²) >= 11 is 0. The second-order valence-electron chi connectivity index (χ2n) is 4.93. The van der Waals surface area contributed by atoms with Crippen LogP contribution in [0.15, 0.2) is 29.1 Å². The molecule has 2 aromatic rings. The Morgan fingerprint density at radius 2 is 2.10 bits per heavy atom. The minimum absolute atomic E-state index is 0.153. The van der Waals surface area contributed by atoms with Crippen LogP contribution < -0.4 is 5.69 Å². The fourth-order valence-electron chi connectivity index (χ4n) is 2.58. The first-order valence-corrected chi connectivity index (χ1v) is 6.64. The van der Waals surface area contributed by atoms with Crippen LogP contribution in [0.25, 0.3) is 0 Å². The molecule has 0 spiro atoms. The predicted octanol–water partition coefficient (Wildman–Crippen LogP) is 1.13. The summed E-state index contributed by atoms with van der Waals surface area (Å²) < 4.78 is 3.05. The molecular weight excluding hydrogens is 258 g/mol. The molecule has 0 saturated heterocycles. The van der Waals surface area contributed by atoms with E-state index in [0.29, 0.717) is 12.1 Å². The summed E-state index contributed by atoms with van der Waals surface area (Å²) in [5.41, 5.74) is 0.655. The molecule has 6 heteroatoms. The molecule has 0 aliphatic carbocycles. The zero-order valence-corrected chi connectivity index (χ0v) is 11.0. The van der Waals surface area contributed by atoms with Gasteiger partial charge in [0.05, 0.1) is 12.1 Å². The number of benzene rings is 1. The maximum Gasteiger partial charge on any atom is 0.346 e. The Labute approximate surface area is 115 Å². The number of nitrogens with zero attached hydrogens (tertiary/aromatic N) is 3. The summed E-state index contributed by atoms with van der Waals surface area (Å²) in [6.45, 7) is 0.899. The molecular formula is C14H15N3O3. The fraction of sp³-hybridized carbons (Fsp3) is 0.357. The highest BCUT2D eigenvalue weighted by Crippen LogP contribution is 2.12. The summed E-state index contributed by atoms with van der Waals surface area (Å²) in [6, 6.07) is 6.70. The topological polar surface area (TPSA) is 77.1 Å². The van der Waals surface area contributed by atoms with Crippen LogP contribution >= 0.6 is 0 Å². The van der Waals surface area contributed by atoms with Gasteiger partial charge in [0.2, 0.25) is 0 Å². The maximum atomic E-state index is 12.2. The molecule has 0 atom stereocenters. The summed E-state index contributed by atoms with van der Waals surface area (Å²) in [5, 5.41) is 13.5. The van der Waals surface area contributed by atoms with E-state index in [9.17, 15) is 9.59 Å². The van der Waals surface area contributed by atoms with E-state index < -0.39 is 5.97 Å². The minimum atomic E-state index is -0.988. The van der Waals surface area contributed by atoms with Gasteiger partial charge in [-0.2, -0.15) is 5.10 Å². The quantitative estimate of drug-likeness (QED) is 0.909. The van der Waals surface area contributed by atoms with Crippen LogP contribution in [0.5, 0.6) is 0 Å². The molecule has 1 N–H and O–H groups in total. The van der Waals surface area contributed by atoms with Crippen LogP contribution in [-0.2, 0) is 19.5 Å². The van der Waals surface area contributed by atoms with E-state index >= 15 is 0 Å². The number of carbonyl (C=O) groups is 1. The highest BCUT2D eigenvalue weighted by atomic mass is 16.4. The molecule has 1 aliphatic heterocycles. The SMILES string of the molecule is O=C(O)c1ccccc1Cn1nc2n(c1=O)CCCC2. The molecule has 0 fully saturated rings. The van der Waals surface area contributed by atoms with Gasteiger partial charge in [-0.25, -0.2) is 14.3 Å². The van der Waals surface area contributed by atoms with Crippen molar-refractivity contribution in [2.45, 2.75) is 32.4 Å². The second kappa shape index (κ2) is 4.96. The summed E-state index contributed by atoms with van der Waals surface area (Å²) in [4.78, 5) is 23.4. The lowest BCUT2D eigenvalue weighted by Crippen LogP contribution is -2.27. The van der Waals surface area contributed by atoms with Crippen molar-refractivity contribution < 1.29 is 9.90 Å². The predicted molar refractivity (Wildman–Crippen MR) is 71.9 cm³/mol. The van der Waals surface area contributed by atoms with Gasteiger partial charge in [0.1, 0.15) is 5.82 Å². The molecule has 3 rings (SSSR count). The van der Waals surface area contributed by atoms with Gasteiger partial charge in [0.25, 0.3) is 0 Å². The molecule has 0 saturated carbocycles. The number of carboxylic acids is 1. The van der Waals surface area contributed by atoms with Crippen molar-refractivity contribution in [1.82, 2.24) is 14.3 Å². The number of fused-ring (bicyclic) bond motifs is 1. The highest BCUT2D eigenvalue weighted by molar-refractivity contribution is 5.89. The number of aromatic nitrogens is 3. The summed E-state index contributed by atoms with van der Waals surface area (Å²) in [6.07, 6.45) is 2.84. The van der Waals surface area contributed by atoms with Crippen molar-refractivity contribution in [3.63, 3.8) is 0 Å². The van der Waals surface area contributed by atoms with Crippen molar-refractivity contribution in [2.75, 3.05) is 0 Å². The highest BCUT2D eigenvalue weighted by Gasteiger charge is 2.18. The normalized spacial score (nSPS) is 14.0. The van der Waals surface area contributed by atoms with Crippen molar-refractivity contribution in [1.29, 1.82) is 0 Å². The smallest absolute Gasteiger partial charge is 0.346 e. The van der Waals surface area contributed by atoms with Crippen molar-refractivity contribution >= 4 is 5.97 Å². The first kappa shape index (κ1) is 12.7. The van der Waals surface area contributed by atoms with Crippen LogP contribution in [-0.4, -0.2) is 25.4 Å². The van der Waals surface area contributed by atoms with Gasteiger partial charge in [-0.3, -0.25) is 4.57 Å². The third-order valence-electron chi connectivity index (χ3n) is 3.60. The number of aromatic carboxylic acids is 1. The number of aryl methyl sites for hydroxylation is 1. The van der Waals surface area contributed by atoms with Gasteiger partial charge in [-0.1, -0.05) is 18.2 Å². The van der Waals surface area contributed by atoms with Crippen LogP contribution in [0.2, 0.25) is 0 Å². The Bertz CT molecular complexity index is 715. The molecule has 0 radical (unpaired) electrons. The van der Waals surface area contributed by atoms with Crippen molar-refractivity contribution in [2.24, 2.45) is 0 Å². The first-order chi connectivity index (χ1) is 9.66. The molecule has 0 amide bonds. The lowest BCUT2D eigenvalue weighted by atomic mass is 10.1. The molecule has 6 nitrogen and oxygen atoms in total. The Morgan fingerprint density at radius 3 is 2.85 bits per heavy atom. The molecule has 1 aromatic heterocycles. The van der Waals surface area contributed by atoms with Gasteiger partial charge in [0.15, 0.2) is 0 Å². The molecule has 104 valence electrons. The maximum absolute atomic E-state index is 12.2. The molecule has 20 heavy (non-hydrogen) atoms. The standard InChI is InChI=1S/C14H15N3O3/c18-13(19)11-6-2-1-5-10(11)9-17-14(20)16-8-4-3-7-12(16)15-17/h1-2,5-6H,3-4,7-9H2,(H,18,19). The van der Waals surface area contributed by atoms with Gasteiger partial charge in [0, 0.05) is 13.0 Å². The van der Waals surface area contributed by atoms with Crippen molar-refractivity contribution in [3.05, 3.63) is 51.7 Å². The van der Waals surface area contributed by atoms with Crippen LogP contribution in [0.3, 0.4) is 0 Å². The summed E-state index contributed by atoms with van der Waals surface area (Å²) in [5.74, 6) is -0.188. The number of hydrogen-bond acceptors (Lipinski definition) is 3. The van der Waals surface area contributed by atoms with Crippen LogP contribution in [0, 0.1) is 0 Å². The van der Waals surface area contributed by atoms with Crippen molar-refractivity contribution in [3.8, 4) is 0 Å².